The normalized spacial score (nSPS) is 31.5. The van der Waals surface area contributed by atoms with Crippen molar-refractivity contribution in [3.8, 4) is 0 Å². The van der Waals surface area contributed by atoms with Crippen LogP contribution >= 0.6 is 0 Å². The summed E-state index contributed by atoms with van der Waals surface area (Å²) < 4.78 is 0. The molecule has 0 spiro atoms. The molecular formula is C12H18N2O. The van der Waals surface area contributed by atoms with Crippen LogP contribution < -0.4 is 0 Å². The molecule has 2 unspecified atom stereocenters. The minimum atomic E-state index is -0.729. The van der Waals surface area contributed by atoms with E-state index in [2.05, 4.69) is 16.9 Å². The molecule has 2 atom stereocenters. The van der Waals surface area contributed by atoms with E-state index in [0.717, 1.165) is 31.4 Å². The van der Waals surface area contributed by atoms with Crippen molar-refractivity contribution in [1.82, 2.24) is 9.97 Å². The summed E-state index contributed by atoms with van der Waals surface area (Å²) in [5, 5.41) is 10.5. The van der Waals surface area contributed by atoms with Gasteiger partial charge in [0.05, 0.1) is 11.9 Å². The molecule has 1 aliphatic carbocycles. The Balaban J connectivity index is 2.19. The molecule has 1 heterocycles. The minimum Gasteiger partial charge on any atom is -0.383 e. The molecule has 0 aromatic carbocycles. The summed E-state index contributed by atoms with van der Waals surface area (Å²) >= 11 is 0. The van der Waals surface area contributed by atoms with Crippen LogP contribution in [0.4, 0.5) is 0 Å². The predicted octanol–water partition coefficient (Wildman–Crippen LogP) is 2.26. The predicted molar refractivity (Wildman–Crippen MR) is 58.2 cm³/mol. The van der Waals surface area contributed by atoms with Gasteiger partial charge in [0, 0.05) is 12.4 Å². The quantitative estimate of drug-likeness (QED) is 0.807. The topological polar surface area (TPSA) is 46.0 Å². The van der Waals surface area contributed by atoms with Crippen molar-refractivity contribution in [3.63, 3.8) is 0 Å². The third-order valence-corrected chi connectivity index (χ3v) is 3.45. The van der Waals surface area contributed by atoms with Crippen LogP contribution in [-0.4, -0.2) is 15.1 Å². The lowest BCUT2D eigenvalue weighted by Crippen LogP contribution is -2.33. The van der Waals surface area contributed by atoms with Gasteiger partial charge < -0.3 is 5.11 Å². The number of aliphatic hydroxyl groups is 1. The second kappa shape index (κ2) is 4.27. The number of hydrogen-bond donors (Lipinski definition) is 1. The Hall–Kier alpha value is -0.960. The standard InChI is InChI=1S/C12H18N2O/c1-2-10-4-3-5-12(15,8-10)11-9-13-6-7-14-11/h6-7,9-10,15H,2-5,8H2,1H3. The maximum atomic E-state index is 10.5. The lowest BCUT2D eigenvalue weighted by Gasteiger charge is -2.35. The minimum absolute atomic E-state index is 0.630. The van der Waals surface area contributed by atoms with Gasteiger partial charge in [-0.3, -0.25) is 9.97 Å². The average molecular weight is 206 g/mol. The van der Waals surface area contributed by atoms with Gasteiger partial charge >= 0.3 is 0 Å². The van der Waals surface area contributed by atoms with Crippen LogP contribution in [0.3, 0.4) is 0 Å². The molecule has 0 aliphatic heterocycles. The molecule has 0 bridgehead atoms. The highest BCUT2D eigenvalue weighted by Crippen LogP contribution is 2.39. The zero-order valence-electron chi connectivity index (χ0n) is 9.19. The van der Waals surface area contributed by atoms with Crippen molar-refractivity contribution < 1.29 is 5.11 Å². The third-order valence-electron chi connectivity index (χ3n) is 3.45. The number of hydrogen-bond acceptors (Lipinski definition) is 3. The van der Waals surface area contributed by atoms with Gasteiger partial charge in [0.1, 0.15) is 5.60 Å². The first-order valence-corrected chi connectivity index (χ1v) is 5.73. The van der Waals surface area contributed by atoms with E-state index in [1.165, 1.54) is 6.42 Å². The summed E-state index contributed by atoms with van der Waals surface area (Å²) in [6, 6.07) is 0. The molecule has 1 aromatic heterocycles. The first kappa shape index (κ1) is 10.6. The van der Waals surface area contributed by atoms with Gasteiger partial charge in [0.25, 0.3) is 0 Å². The number of aromatic nitrogens is 2. The van der Waals surface area contributed by atoms with E-state index < -0.39 is 5.60 Å². The average Bonchev–Trinajstić information content (AvgIpc) is 2.30. The van der Waals surface area contributed by atoms with Crippen LogP contribution in [0, 0.1) is 5.92 Å². The summed E-state index contributed by atoms with van der Waals surface area (Å²) in [5.41, 5.74) is 0.0100. The Morgan fingerprint density at radius 3 is 3.07 bits per heavy atom. The van der Waals surface area contributed by atoms with E-state index in [1.54, 1.807) is 18.6 Å². The molecule has 15 heavy (non-hydrogen) atoms. The highest BCUT2D eigenvalue weighted by atomic mass is 16.3. The molecule has 3 nitrogen and oxygen atoms in total. The van der Waals surface area contributed by atoms with E-state index >= 15 is 0 Å². The second-order valence-corrected chi connectivity index (χ2v) is 4.49. The SMILES string of the molecule is CCC1CCCC(O)(c2cnccn2)C1. The first-order valence-electron chi connectivity index (χ1n) is 5.73. The fourth-order valence-corrected chi connectivity index (χ4v) is 2.49. The molecule has 1 saturated carbocycles. The fraction of sp³-hybridized carbons (Fsp3) is 0.667. The van der Waals surface area contributed by atoms with Crippen molar-refractivity contribution in [2.45, 2.75) is 44.6 Å². The van der Waals surface area contributed by atoms with E-state index in [-0.39, 0.29) is 0 Å². The molecular weight excluding hydrogens is 188 g/mol. The van der Waals surface area contributed by atoms with Crippen molar-refractivity contribution >= 4 is 0 Å². The molecule has 2 rings (SSSR count). The van der Waals surface area contributed by atoms with Gasteiger partial charge in [-0.25, -0.2) is 0 Å². The van der Waals surface area contributed by atoms with Crippen LogP contribution in [0.2, 0.25) is 0 Å². The molecule has 0 radical (unpaired) electrons. The summed E-state index contributed by atoms with van der Waals surface area (Å²) in [5.74, 6) is 0.630. The Bertz CT molecular complexity index is 315. The molecule has 1 aromatic rings. The molecule has 82 valence electrons. The molecule has 1 N–H and O–H groups in total. The summed E-state index contributed by atoms with van der Waals surface area (Å²) in [7, 11) is 0. The number of rotatable bonds is 2. The lowest BCUT2D eigenvalue weighted by atomic mass is 9.75. The molecule has 3 heteroatoms. The molecule has 1 fully saturated rings. The summed E-state index contributed by atoms with van der Waals surface area (Å²) in [6.45, 7) is 2.19. The lowest BCUT2D eigenvalue weighted by molar-refractivity contribution is -0.0257. The van der Waals surface area contributed by atoms with Crippen molar-refractivity contribution in [2.24, 2.45) is 5.92 Å². The van der Waals surface area contributed by atoms with E-state index in [9.17, 15) is 5.11 Å². The highest BCUT2D eigenvalue weighted by molar-refractivity contribution is 5.09. The van der Waals surface area contributed by atoms with E-state index in [1.807, 2.05) is 0 Å². The van der Waals surface area contributed by atoms with Crippen molar-refractivity contribution in [3.05, 3.63) is 24.3 Å². The molecule has 0 saturated heterocycles. The fourth-order valence-electron chi connectivity index (χ4n) is 2.49. The Morgan fingerprint density at radius 1 is 1.53 bits per heavy atom. The third kappa shape index (κ3) is 2.17. The largest absolute Gasteiger partial charge is 0.383 e. The zero-order valence-corrected chi connectivity index (χ0v) is 9.19. The van der Waals surface area contributed by atoms with Gasteiger partial charge in [-0.2, -0.15) is 0 Å². The maximum Gasteiger partial charge on any atom is 0.108 e. The van der Waals surface area contributed by atoms with E-state index in [0.29, 0.717) is 5.92 Å². The van der Waals surface area contributed by atoms with Gasteiger partial charge in [-0.1, -0.05) is 19.8 Å². The van der Waals surface area contributed by atoms with Crippen molar-refractivity contribution in [2.75, 3.05) is 0 Å². The van der Waals surface area contributed by atoms with Gasteiger partial charge in [-0.05, 0) is 25.2 Å². The van der Waals surface area contributed by atoms with Crippen LogP contribution in [-0.2, 0) is 5.60 Å². The van der Waals surface area contributed by atoms with Gasteiger partial charge in [0.15, 0.2) is 0 Å². The zero-order chi connectivity index (χ0) is 10.7. The molecule has 0 amide bonds. The second-order valence-electron chi connectivity index (χ2n) is 4.49. The number of nitrogens with zero attached hydrogens (tertiary/aromatic N) is 2. The monoisotopic (exact) mass is 206 g/mol. The maximum absolute atomic E-state index is 10.5. The van der Waals surface area contributed by atoms with Crippen LogP contribution in [0.1, 0.15) is 44.7 Å². The Labute approximate surface area is 90.6 Å². The summed E-state index contributed by atoms with van der Waals surface area (Å²) in [6.07, 6.45) is 10.1. The molecule has 1 aliphatic rings. The Kier molecular flexibility index (Phi) is 3.00. The summed E-state index contributed by atoms with van der Waals surface area (Å²) in [4.78, 5) is 8.26. The van der Waals surface area contributed by atoms with Crippen LogP contribution in [0.25, 0.3) is 0 Å². The smallest absolute Gasteiger partial charge is 0.108 e. The van der Waals surface area contributed by atoms with Crippen molar-refractivity contribution in [1.29, 1.82) is 0 Å². The van der Waals surface area contributed by atoms with Crippen LogP contribution in [0.15, 0.2) is 18.6 Å². The van der Waals surface area contributed by atoms with Gasteiger partial charge in [-0.15, -0.1) is 0 Å². The first-order chi connectivity index (χ1) is 7.24. The van der Waals surface area contributed by atoms with Gasteiger partial charge in [0.2, 0.25) is 0 Å². The Morgan fingerprint density at radius 2 is 2.40 bits per heavy atom. The van der Waals surface area contributed by atoms with E-state index in [4.69, 9.17) is 0 Å². The van der Waals surface area contributed by atoms with Crippen LogP contribution in [0.5, 0.6) is 0 Å². The highest BCUT2D eigenvalue weighted by Gasteiger charge is 2.36.